The maximum atomic E-state index is 12.7. The van der Waals surface area contributed by atoms with Crippen LogP contribution in [0.3, 0.4) is 0 Å². The molecule has 0 radical (unpaired) electrons. The van der Waals surface area contributed by atoms with Crippen LogP contribution in [0.5, 0.6) is 0 Å². The molecule has 0 spiro atoms. The monoisotopic (exact) mass is 350 g/mol. The largest absolute Gasteiger partial charge is 0.481 e. The van der Waals surface area contributed by atoms with Crippen LogP contribution in [0.25, 0.3) is 0 Å². The molecule has 1 aromatic heterocycles. The van der Waals surface area contributed by atoms with E-state index in [1.54, 1.807) is 4.90 Å². The van der Waals surface area contributed by atoms with Crippen LogP contribution in [-0.4, -0.2) is 45.2 Å². The van der Waals surface area contributed by atoms with E-state index in [0.29, 0.717) is 30.6 Å². The number of urea groups is 1. The van der Waals surface area contributed by atoms with Crippen molar-refractivity contribution in [3.63, 3.8) is 0 Å². The Morgan fingerprint density at radius 1 is 1.32 bits per heavy atom. The summed E-state index contributed by atoms with van der Waals surface area (Å²) in [4.78, 5) is 30.0. The molecule has 2 aliphatic rings. The van der Waals surface area contributed by atoms with Crippen molar-refractivity contribution in [3.05, 3.63) is 11.7 Å². The van der Waals surface area contributed by atoms with Crippen molar-refractivity contribution in [2.45, 2.75) is 52.0 Å². The molecule has 2 heterocycles. The molecule has 1 aromatic rings. The van der Waals surface area contributed by atoms with Gasteiger partial charge >= 0.3 is 12.0 Å². The molecule has 3 atom stereocenters. The van der Waals surface area contributed by atoms with Crippen LogP contribution in [-0.2, 0) is 4.79 Å². The first-order valence-electron chi connectivity index (χ1n) is 8.97. The van der Waals surface area contributed by atoms with Crippen molar-refractivity contribution in [1.82, 2.24) is 20.4 Å². The summed E-state index contributed by atoms with van der Waals surface area (Å²) in [6.45, 7) is 6.70. The molecular formula is C17H26N4O4. The van der Waals surface area contributed by atoms with Crippen molar-refractivity contribution in [1.29, 1.82) is 0 Å². The fourth-order valence-electron chi connectivity index (χ4n) is 3.32. The second kappa shape index (κ2) is 7.01. The number of amides is 2. The average molecular weight is 350 g/mol. The van der Waals surface area contributed by atoms with Gasteiger partial charge in [-0.25, -0.2) is 4.79 Å². The summed E-state index contributed by atoms with van der Waals surface area (Å²) < 4.78 is 5.37. The number of carbonyl (C=O) groups excluding carboxylic acids is 1. The zero-order valence-corrected chi connectivity index (χ0v) is 14.9. The van der Waals surface area contributed by atoms with Crippen molar-refractivity contribution < 1.29 is 19.2 Å². The minimum Gasteiger partial charge on any atom is -0.481 e. The molecule has 1 aliphatic heterocycles. The summed E-state index contributed by atoms with van der Waals surface area (Å²) in [5, 5.41) is 16.2. The molecule has 8 nitrogen and oxygen atoms in total. The molecule has 25 heavy (non-hydrogen) atoms. The number of nitrogens with one attached hydrogen (secondary N) is 1. The average Bonchev–Trinajstić information content (AvgIpc) is 3.29. The van der Waals surface area contributed by atoms with Crippen molar-refractivity contribution >= 4 is 12.0 Å². The lowest BCUT2D eigenvalue weighted by atomic mass is 9.91. The smallest absolute Gasteiger partial charge is 0.318 e. The minimum absolute atomic E-state index is 0.0777. The molecule has 1 aliphatic carbocycles. The van der Waals surface area contributed by atoms with Gasteiger partial charge in [-0.05, 0) is 31.1 Å². The summed E-state index contributed by atoms with van der Waals surface area (Å²) in [7, 11) is 0. The number of aliphatic carboxylic acids is 1. The van der Waals surface area contributed by atoms with Gasteiger partial charge in [0, 0.05) is 19.0 Å². The molecule has 1 saturated heterocycles. The number of hydrogen-bond acceptors (Lipinski definition) is 5. The Labute approximate surface area is 147 Å². The maximum Gasteiger partial charge on any atom is 0.318 e. The van der Waals surface area contributed by atoms with Crippen molar-refractivity contribution in [2.75, 3.05) is 13.1 Å². The van der Waals surface area contributed by atoms with Crippen molar-refractivity contribution in [2.24, 2.45) is 17.8 Å². The van der Waals surface area contributed by atoms with Gasteiger partial charge in [0.2, 0.25) is 5.89 Å². The standard InChI is InChI=1S/C17H26N4O4/c1-9(2)13(15-19-14(20-25-15)11-4-5-11)18-17(24)21-7-10(3)6-12(8-21)16(22)23/h9-13H,4-8H2,1-3H3,(H,18,24)(H,22,23). The highest BCUT2D eigenvalue weighted by Gasteiger charge is 2.35. The SMILES string of the molecule is CC1CC(C(=O)O)CN(C(=O)NC(c2nc(C3CC3)no2)C(C)C)C1. The molecule has 3 rings (SSSR count). The zero-order chi connectivity index (χ0) is 18.1. The lowest BCUT2D eigenvalue weighted by Gasteiger charge is -2.35. The van der Waals surface area contributed by atoms with Gasteiger partial charge in [-0.15, -0.1) is 0 Å². The van der Waals surface area contributed by atoms with Crippen LogP contribution in [0.15, 0.2) is 4.52 Å². The molecular weight excluding hydrogens is 324 g/mol. The third-order valence-corrected chi connectivity index (χ3v) is 4.91. The van der Waals surface area contributed by atoms with Gasteiger partial charge in [-0.1, -0.05) is 25.9 Å². The van der Waals surface area contributed by atoms with Gasteiger partial charge < -0.3 is 19.8 Å². The van der Waals surface area contributed by atoms with E-state index < -0.39 is 11.9 Å². The zero-order valence-electron chi connectivity index (χ0n) is 14.9. The lowest BCUT2D eigenvalue weighted by Crippen LogP contribution is -2.50. The van der Waals surface area contributed by atoms with Gasteiger partial charge in [0.15, 0.2) is 5.82 Å². The second-order valence-electron chi connectivity index (χ2n) is 7.72. The Morgan fingerprint density at radius 2 is 2.04 bits per heavy atom. The molecule has 2 N–H and O–H groups in total. The number of carbonyl (C=O) groups is 2. The molecule has 3 unspecified atom stereocenters. The first-order valence-corrected chi connectivity index (χ1v) is 8.97. The molecule has 1 saturated carbocycles. The Bertz CT molecular complexity index is 640. The molecule has 2 fully saturated rings. The summed E-state index contributed by atoms with van der Waals surface area (Å²) >= 11 is 0. The number of carboxylic acid groups (broad SMARTS) is 1. The predicted molar refractivity (Wildman–Crippen MR) is 88.9 cm³/mol. The normalized spacial score (nSPS) is 25.0. The minimum atomic E-state index is -0.851. The number of nitrogens with zero attached hydrogens (tertiary/aromatic N) is 3. The van der Waals surface area contributed by atoms with E-state index in [9.17, 15) is 14.7 Å². The van der Waals surface area contributed by atoms with E-state index >= 15 is 0 Å². The van der Waals surface area contributed by atoms with E-state index in [0.717, 1.165) is 12.8 Å². The van der Waals surface area contributed by atoms with E-state index in [2.05, 4.69) is 15.5 Å². The number of likely N-dealkylation sites (tertiary alicyclic amines) is 1. The number of carboxylic acids is 1. The Morgan fingerprint density at radius 3 is 2.64 bits per heavy atom. The van der Waals surface area contributed by atoms with Crippen LogP contribution in [0.4, 0.5) is 4.79 Å². The van der Waals surface area contributed by atoms with E-state index in [1.165, 1.54) is 0 Å². The number of piperidine rings is 1. The summed E-state index contributed by atoms with van der Waals surface area (Å²) in [5.74, 6) is 0.391. The highest BCUT2D eigenvalue weighted by molar-refractivity contribution is 5.77. The number of aromatic nitrogens is 2. The maximum absolute atomic E-state index is 12.7. The predicted octanol–water partition coefficient (Wildman–Crippen LogP) is 2.40. The van der Waals surface area contributed by atoms with E-state index in [4.69, 9.17) is 4.52 Å². The number of rotatable bonds is 5. The first-order chi connectivity index (χ1) is 11.8. The number of hydrogen-bond donors (Lipinski definition) is 2. The highest BCUT2D eigenvalue weighted by atomic mass is 16.5. The van der Waals surface area contributed by atoms with Crippen LogP contribution in [0.2, 0.25) is 0 Å². The molecule has 2 amide bonds. The third-order valence-electron chi connectivity index (χ3n) is 4.91. The Kier molecular flexibility index (Phi) is 4.96. The van der Waals surface area contributed by atoms with Crippen LogP contribution in [0.1, 0.15) is 63.7 Å². The first kappa shape index (κ1) is 17.7. The highest BCUT2D eigenvalue weighted by Crippen LogP contribution is 2.38. The van der Waals surface area contributed by atoms with Gasteiger partial charge in [0.25, 0.3) is 0 Å². The van der Waals surface area contributed by atoms with Gasteiger partial charge in [0.05, 0.1) is 5.92 Å². The second-order valence-corrected chi connectivity index (χ2v) is 7.72. The third kappa shape index (κ3) is 4.11. The van der Waals surface area contributed by atoms with Gasteiger partial charge in [-0.3, -0.25) is 4.79 Å². The lowest BCUT2D eigenvalue weighted by molar-refractivity contribution is -0.143. The fraction of sp³-hybridized carbons (Fsp3) is 0.765. The van der Waals surface area contributed by atoms with E-state index in [1.807, 2.05) is 20.8 Å². The van der Waals surface area contributed by atoms with E-state index in [-0.39, 0.29) is 30.5 Å². The topological polar surface area (TPSA) is 109 Å². The van der Waals surface area contributed by atoms with Gasteiger partial charge in [-0.2, -0.15) is 4.98 Å². The van der Waals surface area contributed by atoms with Gasteiger partial charge in [0.1, 0.15) is 6.04 Å². The molecule has 0 aromatic carbocycles. The Hall–Kier alpha value is -2.12. The van der Waals surface area contributed by atoms with Crippen molar-refractivity contribution in [3.8, 4) is 0 Å². The molecule has 138 valence electrons. The Balaban J connectivity index is 1.68. The summed E-state index contributed by atoms with van der Waals surface area (Å²) in [6.07, 6.45) is 2.76. The fourth-order valence-corrected chi connectivity index (χ4v) is 3.32. The van der Waals surface area contributed by atoms with Crippen LogP contribution >= 0.6 is 0 Å². The summed E-state index contributed by atoms with van der Waals surface area (Å²) in [5.41, 5.74) is 0. The van der Waals surface area contributed by atoms with Crippen LogP contribution < -0.4 is 5.32 Å². The van der Waals surface area contributed by atoms with Crippen LogP contribution in [0, 0.1) is 17.8 Å². The summed E-state index contributed by atoms with van der Waals surface area (Å²) in [6, 6.07) is -0.657. The quantitative estimate of drug-likeness (QED) is 0.844. The molecule has 0 bridgehead atoms. The molecule has 8 heteroatoms.